The topological polar surface area (TPSA) is 58.9 Å². The number of sulfonamides is 1. The van der Waals surface area contributed by atoms with Crippen molar-refractivity contribution in [1.82, 2.24) is 0 Å². The minimum Gasteiger partial charge on any atom is -0.198 e. The lowest BCUT2D eigenvalue weighted by atomic mass is 10.1. The van der Waals surface area contributed by atoms with Gasteiger partial charge in [0.1, 0.15) is 0 Å². The maximum Gasteiger partial charge on any atom is 0.299 e. The van der Waals surface area contributed by atoms with E-state index in [1.807, 2.05) is 6.92 Å². The second-order valence-corrected chi connectivity index (χ2v) is 4.44. The van der Waals surface area contributed by atoms with Crippen LogP contribution in [0.15, 0.2) is 38.8 Å². The van der Waals surface area contributed by atoms with Gasteiger partial charge >= 0.3 is 0 Å². The molecule has 0 amide bonds. The van der Waals surface area contributed by atoms with E-state index < -0.39 is 10.0 Å². The molecule has 1 aromatic rings. The summed E-state index contributed by atoms with van der Waals surface area (Å²) in [6.07, 6.45) is 0. The molecule has 1 unspecified atom stereocenters. The van der Waals surface area contributed by atoms with Crippen LogP contribution in [0.5, 0.6) is 0 Å². The van der Waals surface area contributed by atoms with Crippen molar-refractivity contribution in [2.75, 3.05) is 0 Å². The predicted octanol–water partition coefficient (Wildman–Crippen LogP) is 1.90. The number of hydrogen-bond acceptors (Lipinski definition) is 3. The molecule has 5 heteroatoms. The number of nitrogens with zero attached hydrogens (tertiary/aromatic N) is 2. The Morgan fingerprint density at radius 2 is 2.00 bits per heavy atom. The van der Waals surface area contributed by atoms with Gasteiger partial charge in [0, 0.05) is 0 Å². The summed E-state index contributed by atoms with van der Waals surface area (Å²) in [6.45, 7) is 1.82. The van der Waals surface area contributed by atoms with Gasteiger partial charge in [-0.25, -0.2) is 0 Å². The highest BCUT2D eigenvalue weighted by molar-refractivity contribution is 7.90. The molecule has 1 aliphatic heterocycles. The Kier molecular flexibility index (Phi) is 1.69. The molecule has 0 aliphatic carbocycles. The van der Waals surface area contributed by atoms with Gasteiger partial charge in [-0.05, 0) is 18.6 Å². The zero-order chi connectivity index (χ0) is 9.47. The molecule has 0 saturated carbocycles. The first kappa shape index (κ1) is 8.37. The van der Waals surface area contributed by atoms with Crippen molar-refractivity contribution in [2.24, 2.45) is 9.63 Å². The van der Waals surface area contributed by atoms with Gasteiger partial charge < -0.3 is 0 Å². The van der Waals surface area contributed by atoms with Crippen LogP contribution in [0, 0.1) is 0 Å². The largest absolute Gasteiger partial charge is 0.299 e. The van der Waals surface area contributed by atoms with Gasteiger partial charge in [0.25, 0.3) is 10.0 Å². The van der Waals surface area contributed by atoms with Crippen molar-refractivity contribution in [1.29, 1.82) is 0 Å². The van der Waals surface area contributed by atoms with E-state index >= 15 is 0 Å². The Morgan fingerprint density at radius 3 is 2.69 bits per heavy atom. The Labute approximate surface area is 76.4 Å². The predicted molar refractivity (Wildman–Crippen MR) is 46.9 cm³/mol. The van der Waals surface area contributed by atoms with Crippen LogP contribution < -0.4 is 0 Å². The summed E-state index contributed by atoms with van der Waals surface area (Å²) < 4.78 is 26.0. The minimum absolute atomic E-state index is 0.167. The fourth-order valence-electron chi connectivity index (χ4n) is 1.30. The number of fused-ring (bicyclic) bond motifs is 1. The summed E-state index contributed by atoms with van der Waals surface area (Å²) in [6, 6.07) is 6.63. The van der Waals surface area contributed by atoms with Crippen LogP contribution in [0.3, 0.4) is 0 Å². The molecular formula is C8H8N2O2S. The molecule has 1 heterocycles. The molecule has 0 aromatic heterocycles. The third-order valence-corrected chi connectivity index (χ3v) is 3.21. The number of benzene rings is 1. The molecule has 1 aromatic carbocycles. The van der Waals surface area contributed by atoms with Crippen LogP contribution in [0.25, 0.3) is 0 Å². The highest BCUT2D eigenvalue weighted by Crippen LogP contribution is 2.30. The Bertz CT molecular complexity index is 465. The Balaban J connectivity index is 2.76. The average Bonchev–Trinajstić information content (AvgIpc) is 2.13. The molecule has 0 N–H and O–H groups in total. The van der Waals surface area contributed by atoms with E-state index in [4.69, 9.17) is 0 Å². The van der Waals surface area contributed by atoms with Gasteiger partial charge in [0.2, 0.25) is 0 Å². The molecule has 0 spiro atoms. The molecule has 13 heavy (non-hydrogen) atoms. The van der Waals surface area contributed by atoms with E-state index in [1.54, 1.807) is 24.3 Å². The summed E-state index contributed by atoms with van der Waals surface area (Å²) in [4.78, 5) is 0.275. The molecule has 68 valence electrons. The molecule has 1 aliphatic rings. The molecule has 0 fully saturated rings. The van der Waals surface area contributed by atoms with Crippen LogP contribution >= 0.6 is 0 Å². The highest BCUT2D eigenvalue weighted by Gasteiger charge is 2.24. The zero-order valence-electron chi connectivity index (χ0n) is 7.01. The van der Waals surface area contributed by atoms with Gasteiger partial charge in [0.05, 0.1) is 10.9 Å². The van der Waals surface area contributed by atoms with E-state index in [1.165, 1.54) is 0 Å². The van der Waals surface area contributed by atoms with E-state index in [0.717, 1.165) is 5.56 Å². The molecule has 0 radical (unpaired) electrons. The van der Waals surface area contributed by atoms with Crippen molar-refractivity contribution in [3.05, 3.63) is 29.8 Å². The van der Waals surface area contributed by atoms with Gasteiger partial charge in [-0.15, -0.1) is 0 Å². The highest BCUT2D eigenvalue weighted by atomic mass is 32.2. The smallest absolute Gasteiger partial charge is 0.198 e. The lowest BCUT2D eigenvalue weighted by molar-refractivity contribution is 0.581. The Hall–Kier alpha value is -1.23. The minimum atomic E-state index is -3.52. The number of hydrogen-bond donors (Lipinski definition) is 0. The first-order valence-electron chi connectivity index (χ1n) is 3.87. The molecular weight excluding hydrogens is 188 g/mol. The molecule has 2 rings (SSSR count). The van der Waals surface area contributed by atoms with Crippen LogP contribution in [0.1, 0.15) is 18.5 Å². The van der Waals surface area contributed by atoms with Gasteiger partial charge in [-0.1, -0.05) is 22.7 Å². The normalized spacial score (nSPS) is 23.9. The molecule has 4 nitrogen and oxygen atoms in total. The van der Waals surface area contributed by atoms with Crippen LogP contribution in [-0.2, 0) is 10.0 Å². The van der Waals surface area contributed by atoms with Crippen molar-refractivity contribution in [3.63, 3.8) is 0 Å². The van der Waals surface area contributed by atoms with Crippen LogP contribution in [0.2, 0.25) is 0 Å². The second kappa shape index (κ2) is 2.63. The van der Waals surface area contributed by atoms with E-state index in [0.29, 0.717) is 0 Å². The summed E-state index contributed by atoms with van der Waals surface area (Å²) in [5, 5.41) is 3.66. The van der Waals surface area contributed by atoms with E-state index in [-0.39, 0.29) is 10.9 Å². The van der Waals surface area contributed by atoms with Crippen LogP contribution in [-0.4, -0.2) is 8.42 Å². The third-order valence-electron chi connectivity index (χ3n) is 1.97. The summed E-state index contributed by atoms with van der Waals surface area (Å²) in [5.74, 6) is 0. The summed E-state index contributed by atoms with van der Waals surface area (Å²) in [5.41, 5.74) is 0.720. The lowest BCUT2D eigenvalue weighted by Crippen LogP contribution is -2.07. The molecule has 0 bridgehead atoms. The van der Waals surface area contributed by atoms with Gasteiger partial charge in [-0.2, -0.15) is 13.5 Å². The summed E-state index contributed by atoms with van der Waals surface area (Å²) in [7, 11) is -3.52. The molecule has 0 saturated heterocycles. The summed E-state index contributed by atoms with van der Waals surface area (Å²) >= 11 is 0. The maximum atomic E-state index is 11.4. The van der Waals surface area contributed by atoms with Crippen molar-refractivity contribution >= 4 is 10.0 Å². The van der Waals surface area contributed by atoms with Crippen molar-refractivity contribution in [2.45, 2.75) is 17.9 Å². The van der Waals surface area contributed by atoms with Gasteiger partial charge in [-0.3, -0.25) is 0 Å². The quantitative estimate of drug-likeness (QED) is 0.636. The lowest BCUT2D eigenvalue weighted by Gasteiger charge is -2.14. The Morgan fingerprint density at radius 1 is 1.31 bits per heavy atom. The standard InChI is InChI=1S/C8H8N2O2S/c1-6-7-4-2-3-5-8(7)13(11,12)10-9-6/h2-6H,1H3. The monoisotopic (exact) mass is 196 g/mol. The van der Waals surface area contributed by atoms with Crippen molar-refractivity contribution in [3.8, 4) is 0 Å². The number of rotatable bonds is 0. The first-order valence-corrected chi connectivity index (χ1v) is 5.31. The fourth-order valence-corrected chi connectivity index (χ4v) is 2.44. The first-order chi connectivity index (χ1) is 6.11. The SMILES string of the molecule is CC1N=NS(=O)(=O)c2ccccc21. The van der Waals surface area contributed by atoms with Crippen LogP contribution in [0.4, 0.5) is 0 Å². The fraction of sp³-hybridized carbons (Fsp3) is 0.250. The van der Waals surface area contributed by atoms with Crippen molar-refractivity contribution < 1.29 is 8.42 Å². The zero-order valence-corrected chi connectivity index (χ0v) is 7.82. The van der Waals surface area contributed by atoms with E-state index in [2.05, 4.69) is 9.63 Å². The van der Waals surface area contributed by atoms with Gasteiger partial charge in [0.15, 0.2) is 0 Å². The second-order valence-electron chi connectivity index (χ2n) is 2.89. The third kappa shape index (κ3) is 1.25. The average molecular weight is 196 g/mol. The maximum absolute atomic E-state index is 11.4. The van der Waals surface area contributed by atoms with E-state index in [9.17, 15) is 8.42 Å². The molecule has 1 atom stereocenters.